The molecule has 3 nitrogen and oxygen atoms in total. The monoisotopic (exact) mass is 210 g/mol. The molecule has 78 valence electrons. The lowest BCUT2D eigenvalue weighted by atomic mass is 10.3. The van der Waals surface area contributed by atoms with Gasteiger partial charge in [0.2, 0.25) is 5.88 Å². The van der Waals surface area contributed by atoms with Crippen molar-refractivity contribution in [3.63, 3.8) is 0 Å². The quantitative estimate of drug-likeness (QED) is 0.721. The number of alkyl halides is 3. The van der Waals surface area contributed by atoms with Crippen LogP contribution in [0, 0.1) is 12.7 Å². The first-order chi connectivity index (χ1) is 6.29. The second-order valence-electron chi connectivity index (χ2n) is 2.53. The van der Waals surface area contributed by atoms with Gasteiger partial charge in [0, 0.05) is 5.56 Å². The number of aryl methyl sites for hydroxylation is 1. The van der Waals surface area contributed by atoms with Crippen molar-refractivity contribution in [3.05, 3.63) is 17.4 Å². The van der Waals surface area contributed by atoms with Crippen LogP contribution in [0.1, 0.15) is 5.56 Å². The number of anilines is 1. The molecule has 0 amide bonds. The number of hydrogen-bond acceptors (Lipinski definition) is 3. The Balaban J connectivity index is 3.04. The maximum atomic E-state index is 12.7. The Morgan fingerprint density at radius 1 is 1.43 bits per heavy atom. The third kappa shape index (κ3) is 2.48. The van der Waals surface area contributed by atoms with Crippen LogP contribution in [0.5, 0.6) is 5.88 Å². The van der Waals surface area contributed by atoms with Gasteiger partial charge >= 0.3 is 6.36 Å². The Bertz CT molecular complexity index is 350. The summed E-state index contributed by atoms with van der Waals surface area (Å²) in [4.78, 5) is 3.12. The average molecular weight is 210 g/mol. The second kappa shape index (κ2) is 3.32. The van der Waals surface area contributed by atoms with Crippen LogP contribution in [0.15, 0.2) is 6.07 Å². The zero-order valence-electron chi connectivity index (χ0n) is 7.02. The molecule has 0 fully saturated rings. The van der Waals surface area contributed by atoms with Crippen LogP contribution in [0.25, 0.3) is 0 Å². The summed E-state index contributed by atoms with van der Waals surface area (Å²) in [7, 11) is 0. The van der Waals surface area contributed by atoms with Crippen LogP contribution in [-0.4, -0.2) is 11.3 Å². The number of ether oxygens (including phenoxy) is 1. The Morgan fingerprint density at radius 3 is 2.50 bits per heavy atom. The average Bonchev–Trinajstić information content (AvgIpc) is 1.97. The van der Waals surface area contributed by atoms with Crippen LogP contribution < -0.4 is 10.5 Å². The van der Waals surface area contributed by atoms with Crippen LogP contribution in [0.4, 0.5) is 23.4 Å². The highest BCUT2D eigenvalue weighted by molar-refractivity contribution is 5.38. The molecular weight excluding hydrogens is 204 g/mol. The lowest BCUT2D eigenvalue weighted by Crippen LogP contribution is -2.19. The van der Waals surface area contributed by atoms with Crippen molar-refractivity contribution < 1.29 is 22.3 Å². The van der Waals surface area contributed by atoms with Crippen LogP contribution in [0.2, 0.25) is 0 Å². The molecule has 1 rings (SSSR count). The van der Waals surface area contributed by atoms with E-state index in [1.165, 1.54) is 6.92 Å². The first-order valence-electron chi connectivity index (χ1n) is 3.48. The van der Waals surface area contributed by atoms with Crippen molar-refractivity contribution in [2.45, 2.75) is 13.3 Å². The van der Waals surface area contributed by atoms with E-state index in [1.54, 1.807) is 0 Å². The first kappa shape index (κ1) is 10.6. The number of nitrogen functional groups attached to an aromatic ring is 1. The summed E-state index contributed by atoms with van der Waals surface area (Å²) in [5.41, 5.74) is 4.90. The first-order valence-corrected chi connectivity index (χ1v) is 3.48. The van der Waals surface area contributed by atoms with Gasteiger partial charge in [-0.25, -0.2) is 4.39 Å². The van der Waals surface area contributed by atoms with Crippen LogP contribution in [-0.2, 0) is 0 Å². The zero-order valence-corrected chi connectivity index (χ0v) is 7.02. The van der Waals surface area contributed by atoms with E-state index in [4.69, 9.17) is 5.73 Å². The molecule has 0 aliphatic carbocycles. The van der Waals surface area contributed by atoms with E-state index in [-0.39, 0.29) is 5.56 Å². The molecule has 0 aliphatic heterocycles. The summed E-state index contributed by atoms with van der Waals surface area (Å²) in [5, 5.41) is 0. The van der Waals surface area contributed by atoms with E-state index < -0.39 is 23.9 Å². The van der Waals surface area contributed by atoms with Crippen molar-refractivity contribution in [1.29, 1.82) is 0 Å². The van der Waals surface area contributed by atoms with Crippen LogP contribution >= 0.6 is 0 Å². The van der Waals surface area contributed by atoms with Gasteiger partial charge < -0.3 is 10.5 Å². The van der Waals surface area contributed by atoms with Crippen molar-refractivity contribution in [2.75, 3.05) is 5.73 Å². The Morgan fingerprint density at radius 2 is 2.00 bits per heavy atom. The summed E-state index contributed by atoms with van der Waals surface area (Å²) < 4.78 is 51.4. The molecule has 0 unspecified atom stereocenters. The Labute approximate surface area is 76.5 Å². The fraction of sp³-hybridized carbons (Fsp3) is 0.286. The van der Waals surface area contributed by atoms with Crippen LogP contribution in [0.3, 0.4) is 0 Å². The summed E-state index contributed by atoms with van der Waals surface area (Å²) in [6.07, 6.45) is -4.86. The molecule has 2 N–H and O–H groups in total. The molecule has 14 heavy (non-hydrogen) atoms. The predicted octanol–water partition coefficient (Wildman–Crippen LogP) is 2.01. The number of halogens is 4. The van der Waals surface area contributed by atoms with Gasteiger partial charge in [-0.15, -0.1) is 13.2 Å². The smallest absolute Gasteiger partial charge is 0.388 e. The SMILES string of the molecule is Cc1cc(F)c(N)nc1OC(F)(F)F. The van der Waals surface area contributed by atoms with E-state index in [2.05, 4.69) is 9.72 Å². The standard InChI is InChI=1S/C7H6F4N2O/c1-3-2-4(8)5(12)13-6(3)14-7(9,10)11/h2H,1H3,(H2,12,13). The summed E-state index contributed by atoms with van der Waals surface area (Å²) in [5.74, 6) is -2.25. The largest absolute Gasteiger partial charge is 0.574 e. The molecule has 0 radical (unpaired) electrons. The topological polar surface area (TPSA) is 48.1 Å². The van der Waals surface area contributed by atoms with Gasteiger partial charge in [0.1, 0.15) is 0 Å². The minimum atomic E-state index is -4.86. The van der Waals surface area contributed by atoms with Crippen molar-refractivity contribution >= 4 is 5.82 Å². The lowest BCUT2D eigenvalue weighted by molar-refractivity contribution is -0.276. The molecule has 0 atom stereocenters. The summed E-state index contributed by atoms with van der Waals surface area (Å²) in [6, 6.07) is 0.823. The van der Waals surface area contributed by atoms with Gasteiger partial charge in [0.05, 0.1) is 0 Å². The third-order valence-corrected chi connectivity index (χ3v) is 1.36. The molecule has 0 bridgehead atoms. The maximum Gasteiger partial charge on any atom is 0.574 e. The van der Waals surface area contributed by atoms with Gasteiger partial charge in [-0.3, -0.25) is 0 Å². The Hall–Kier alpha value is -1.53. The fourth-order valence-corrected chi connectivity index (χ4v) is 0.790. The highest BCUT2D eigenvalue weighted by atomic mass is 19.4. The second-order valence-corrected chi connectivity index (χ2v) is 2.53. The highest BCUT2D eigenvalue weighted by Crippen LogP contribution is 2.25. The minimum absolute atomic E-state index is 0.0750. The van der Waals surface area contributed by atoms with Gasteiger partial charge in [0.25, 0.3) is 0 Å². The van der Waals surface area contributed by atoms with Crippen molar-refractivity contribution in [3.8, 4) is 5.88 Å². The maximum absolute atomic E-state index is 12.7. The zero-order chi connectivity index (χ0) is 10.9. The fourth-order valence-electron chi connectivity index (χ4n) is 0.790. The van der Waals surface area contributed by atoms with Gasteiger partial charge in [-0.2, -0.15) is 4.98 Å². The predicted molar refractivity (Wildman–Crippen MR) is 40.0 cm³/mol. The minimum Gasteiger partial charge on any atom is -0.388 e. The number of nitrogens with two attached hydrogens (primary N) is 1. The normalized spacial score (nSPS) is 11.5. The van der Waals surface area contributed by atoms with E-state index in [0.29, 0.717) is 0 Å². The molecule has 0 aromatic carbocycles. The van der Waals surface area contributed by atoms with E-state index in [9.17, 15) is 17.6 Å². The summed E-state index contributed by atoms with van der Waals surface area (Å²) >= 11 is 0. The highest BCUT2D eigenvalue weighted by Gasteiger charge is 2.32. The van der Waals surface area contributed by atoms with Gasteiger partial charge in [-0.1, -0.05) is 0 Å². The summed E-state index contributed by atoms with van der Waals surface area (Å²) in [6.45, 7) is 1.23. The number of pyridine rings is 1. The van der Waals surface area contributed by atoms with Gasteiger partial charge in [0.15, 0.2) is 11.6 Å². The molecule has 0 spiro atoms. The molecule has 0 aliphatic rings. The number of rotatable bonds is 1. The molecular formula is C7H6F4N2O. The lowest BCUT2D eigenvalue weighted by Gasteiger charge is -2.10. The number of aromatic nitrogens is 1. The number of nitrogens with zero attached hydrogens (tertiary/aromatic N) is 1. The molecule has 0 saturated heterocycles. The van der Waals surface area contributed by atoms with Crippen molar-refractivity contribution in [2.24, 2.45) is 0 Å². The Kier molecular flexibility index (Phi) is 2.50. The molecule has 1 aromatic heterocycles. The molecule has 1 aromatic rings. The van der Waals surface area contributed by atoms with E-state index >= 15 is 0 Å². The third-order valence-electron chi connectivity index (χ3n) is 1.36. The van der Waals surface area contributed by atoms with Crippen molar-refractivity contribution in [1.82, 2.24) is 4.98 Å². The van der Waals surface area contributed by atoms with E-state index in [0.717, 1.165) is 6.07 Å². The molecule has 0 saturated carbocycles. The van der Waals surface area contributed by atoms with E-state index in [1.807, 2.05) is 0 Å². The van der Waals surface area contributed by atoms with Gasteiger partial charge in [-0.05, 0) is 13.0 Å². The molecule has 7 heteroatoms. The molecule has 1 heterocycles. The number of hydrogen-bond donors (Lipinski definition) is 1.